The highest BCUT2D eigenvalue weighted by Gasteiger charge is 2.19. The Bertz CT molecular complexity index is 477. The SMILES string of the molecule is CC(Sc1ccc(CC(=O)O)cc1)C(=O)NC(C)(C)C. The van der Waals surface area contributed by atoms with Gasteiger partial charge in [-0.25, -0.2) is 0 Å². The molecule has 5 heteroatoms. The number of benzene rings is 1. The number of carbonyl (C=O) groups excluding carboxylic acids is 1. The number of hydrogen-bond acceptors (Lipinski definition) is 3. The Labute approximate surface area is 124 Å². The summed E-state index contributed by atoms with van der Waals surface area (Å²) in [4.78, 5) is 23.5. The average molecular weight is 295 g/mol. The lowest BCUT2D eigenvalue weighted by molar-refractivity contribution is -0.136. The predicted octanol–water partition coefficient (Wildman–Crippen LogP) is 2.71. The van der Waals surface area contributed by atoms with Crippen molar-refractivity contribution in [3.05, 3.63) is 29.8 Å². The number of aliphatic carboxylic acids is 1. The van der Waals surface area contributed by atoms with E-state index in [0.717, 1.165) is 10.5 Å². The van der Waals surface area contributed by atoms with E-state index in [1.54, 1.807) is 12.1 Å². The van der Waals surface area contributed by atoms with E-state index in [9.17, 15) is 9.59 Å². The van der Waals surface area contributed by atoms with E-state index in [2.05, 4.69) is 5.32 Å². The molecule has 0 heterocycles. The highest BCUT2D eigenvalue weighted by molar-refractivity contribution is 8.00. The molecule has 1 aromatic rings. The molecule has 0 bridgehead atoms. The van der Waals surface area contributed by atoms with Crippen molar-refractivity contribution in [2.75, 3.05) is 0 Å². The van der Waals surface area contributed by atoms with Crippen LogP contribution in [-0.2, 0) is 16.0 Å². The summed E-state index contributed by atoms with van der Waals surface area (Å²) in [5, 5.41) is 11.4. The van der Waals surface area contributed by atoms with Crippen LogP contribution in [0.15, 0.2) is 29.2 Å². The summed E-state index contributed by atoms with van der Waals surface area (Å²) in [5.41, 5.74) is 0.519. The molecule has 0 saturated heterocycles. The third kappa shape index (κ3) is 6.10. The van der Waals surface area contributed by atoms with Gasteiger partial charge < -0.3 is 10.4 Å². The normalized spacial score (nSPS) is 12.8. The highest BCUT2D eigenvalue weighted by Crippen LogP contribution is 2.24. The van der Waals surface area contributed by atoms with Crippen LogP contribution < -0.4 is 5.32 Å². The molecule has 0 radical (unpaired) electrons. The van der Waals surface area contributed by atoms with E-state index in [4.69, 9.17) is 5.11 Å². The minimum atomic E-state index is -0.844. The van der Waals surface area contributed by atoms with Crippen LogP contribution in [0, 0.1) is 0 Å². The molecule has 0 aliphatic carbocycles. The van der Waals surface area contributed by atoms with E-state index >= 15 is 0 Å². The monoisotopic (exact) mass is 295 g/mol. The van der Waals surface area contributed by atoms with Gasteiger partial charge in [-0.05, 0) is 45.4 Å². The van der Waals surface area contributed by atoms with Crippen molar-refractivity contribution in [3.8, 4) is 0 Å². The van der Waals surface area contributed by atoms with Crippen LogP contribution in [0.1, 0.15) is 33.3 Å². The van der Waals surface area contributed by atoms with Crippen molar-refractivity contribution in [1.82, 2.24) is 5.32 Å². The Morgan fingerprint density at radius 1 is 1.25 bits per heavy atom. The fraction of sp³-hybridized carbons (Fsp3) is 0.467. The summed E-state index contributed by atoms with van der Waals surface area (Å²) in [6.07, 6.45) is 0.0189. The van der Waals surface area contributed by atoms with E-state index in [-0.39, 0.29) is 23.1 Å². The van der Waals surface area contributed by atoms with E-state index in [0.29, 0.717) is 0 Å². The second-order valence-corrected chi connectivity index (χ2v) is 7.13. The summed E-state index contributed by atoms with van der Waals surface area (Å²) in [5.74, 6) is -0.847. The fourth-order valence-electron chi connectivity index (χ4n) is 1.59. The van der Waals surface area contributed by atoms with Gasteiger partial charge in [0.1, 0.15) is 0 Å². The molecule has 0 aromatic heterocycles. The molecule has 1 aromatic carbocycles. The maximum Gasteiger partial charge on any atom is 0.307 e. The largest absolute Gasteiger partial charge is 0.481 e. The van der Waals surface area contributed by atoms with Crippen LogP contribution in [0.25, 0.3) is 0 Å². The lowest BCUT2D eigenvalue weighted by Crippen LogP contribution is -2.44. The number of amides is 1. The molecule has 0 aliphatic heterocycles. The van der Waals surface area contributed by atoms with Gasteiger partial charge in [-0.1, -0.05) is 12.1 Å². The van der Waals surface area contributed by atoms with Crippen LogP contribution in [0.4, 0.5) is 0 Å². The van der Waals surface area contributed by atoms with Crippen molar-refractivity contribution in [2.24, 2.45) is 0 Å². The summed E-state index contributed by atoms with van der Waals surface area (Å²) in [7, 11) is 0. The first-order valence-electron chi connectivity index (χ1n) is 6.47. The van der Waals surface area contributed by atoms with Crippen molar-refractivity contribution in [2.45, 2.75) is 49.8 Å². The zero-order valence-electron chi connectivity index (χ0n) is 12.3. The Morgan fingerprint density at radius 3 is 2.25 bits per heavy atom. The Morgan fingerprint density at radius 2 is 1.80 bits per heavy atom. The number of carbonyl (C=O) groups is 2. The molecule has 20 heavy (non-hydrogen) atoms. The minimum Gasteiger partial charge on any atom is -0.481 e. The molecule has 0 fully saturated rings. The maximum atomic E-state index is 12.0. The van der Waals surface area contributed by atoms with Crippen LogP contribution >= 0.6 is 11.8 Å². The average Bonchev–Trinajstić information content (AvgIpc) is 2.28. The summed E-state index contributed by atoms with van der Waals surface area (Å²) in [6.45, 7) is 7.70. The van der Waals surface area contributed by atoms with Gasteiger partial charge in [0.05, 0.1) is 11.7 Å². The third-order valence-electron chi connectivity index (χ3n) is 2.46. The molecule has 1 atom stereocenters. The van der Waals surface area contributed by atoms with Crippen LogP contribution in [0.2, 0.25) is 0 Å². The Balaban J connectivity index is 2.60. The van der Waals surface area contributed by atoms with Gasteiger partial charge in [-0.15, -0.1) is 11.8 Å². The number of carboxylic acid groups (broad SMARTS) is 1. The van der Waals surface area contributed by atoms with Gasteiger partial charge >= 0.3 is 5.97 Å². The number of hydrogen-bond donors (Lipinski definition) is 2. The standard InChI is InChI=1S/C15H21NO3S/c1-10(14(19)16-15(2,3)4)20-12-7-5-11(6-8-12)9-13(17)18/h5-8,10H,9H2,1-4H3,(H,16,19)(H,17,18). The van der Waals surface area contributed by atoms with Crippen molar-refractivity contribution >= 4 is 23.6 Å². The number of carboxylic acids is 1. The molecular weight excluding hydrogens is 274 g/mol. The molecule has 110 valence electrons. The molecule has 0 saturated carbocycles. The van der Waals surface area contributed by atoms with Crippen LogP contribution in [-0.4, -0.2) is 27.8 Å². The lowest BCUT2D eigenvalue weighted by Gasteiger charge is -2.23. The van der Waals surface area contributed by atoms with E-state index in [1.165, 1.54) is 11.8 Å². The summed E-state index contributed by atoms with van der Waals surface area (Å²) < 4.78 is 0. The third-order valence-corrected chi connectivity index (χ3v) is 3.57. The van der Waals surface area contributed by atoms with Crippen LogP contribution in [0.3, 0.4) is 0 Å². The number of rotatable bonds is 5. The Kier molecular flexibility index (Phi) is 5.62. The van der Waals surface area contributed by atoms with Gasteiger partial charge in [-0.2, -0.15) is 0 Å². The predicted molar refractivity (Wildman–Crippen MR) is 81.0 cm³/mol. The number of thioether (sulfide) groups is 1. The molecule has 1 rings (SSSR count). The topological polar surface area (TPSA) is 66.4 Å². The van der Waals surface area contributed by atoms with Gasteiger partial charge in [-0.3, -0.25) is 9.59 Å². The first kappa shape index (κ1) is 16.6. The fourth-order valence-corrected chi connectivity index (χ4v) is 2.46. The van der Waals surface area contributed by atoms with Gasteiger partial charge in [0.15, 0.2) is 0 Å². The van der Waals surface area contributed by atoms with E-state index < -0.39 is 5.97 Å². The minimum absolute atomic E-state index is 0.00267. The van der Waals surface area contributed by atoms with Gasteiger partial charge in [0, 0.05) is 10.4 Å². The molecule has 1 amide bonds. The molecule has 4 nitrogen and oxygen atoms in total. The maximum absolute atomic E-state index is 12.0. The zero-order valence-corrected chi connectivity index (χ0v) is 13.1. The molecular formula is C15H21NO3S. The highest BCUT2D eigenvalue weighted by atomic mass is 32.2. The van der Waals surface area contributed by atoms with Crippen molar-refractivity contribution < 1.29 is 14.7 Å². The smallest absolute Gasteiger partial charge is 0.307 e. The molecule has 2 N–H and O–H groups in total. The molecule has 1 unspecified atom stereocenters. The summed E-state index contributed by atoms with van der Waals surface area (Å²) in [6, 6.07) is 7.27. The lowest BCUT2D eigenvalue weighted by atomic mass is 10.1. The molecule has 0 aliphatic rings. The molecule has 0 spiro atoms. The van der Waals surface area contributed by atoms with E-state index in [1.807, 2.05) is 39.8 Å². The second kappa shape index (κ2) is 6.79. The first-order valence-corrected chi connectivity index (χ1v) is 7.35. The zero-order chi connectivity index (χ0) is 15.3. The van der Waals surface area contributed by atoms with Crippen molar-refractivity contribution in [3.63, 3.8) is 0 Å². The Hall–Kier alpha value is -1.49. The summed E-state index contributed by atoms with van der Waals surface area (Å²) >= 11 is 1.46. The quantitative estimate of drug-likeness (QED) is 0.820. The number of nitrogens with one attached hydrogen (secondary N) is 1. The van der Waals surface area contributed by atoms with Crippen LogP contribution in [0.5, 0.6) is 0 Å². The van der Waals surface area contributed by atoms with Gasteiger partial charge in [0.25, 0.3) is 0 Å². The van der Waals surface area contributed by atoms with Crippen molar-refractivity contribution in [1.29, 1.82) is 0 Å². The van der Waals surface area contributed by atoms with Gasteiger partial charge in [0.2, 0.25) is 5.91 Å². The first-order chi connectivity index (χ1) is 9.17. The second-order valence-electron chi connectivity index (χ2n) is 5.71.